The first kappa shape index (κ1) is 17.7. The van der Waals surface area contributed by atoms with Gasteiger partial charge in [-0.05, 0) is 37.8 Å². The molecule has 0 aromatic carbocycles. The summed E-state index contributed by atoms with van der Waals surface area (Å²) in [7, 11) is 1.83. The van der Waals surface area contributed by atoms with Gasteiger partial charge in [-0.2, -0.15) is 0 Å². The fourth-order valence-corrected chi connectivity index (χ4v) is 5.11. The van der Waals surface area contributed by atoms with Gasteiger partial charge in [0, 0.05) is 62.0 Å². The first-order chi connectivity index (χ1) is 12.6. The summed E-state index contributed by atoms with van der Waals surface area (Å²) in [6.07, 6.45) is 5.48. The molecule has 2 fully saturated rings. The molecule has 1 unspecified atom stereocenters. The highest BCUT2D eigenvalue weighted by Gasteiger charge is 2.52. The van der Waals surface area contributed by atoms with Crippen molar-refractivity contribution in [2.75, 3.05) is 26.2 Å². The largest absolute Gasteiger partial charge is 0.372 e. The van der Waals surface area contributed by atoms with E-state index in [0.717, 1.165) is 39.1 Å². The van der Waals surface area contributed by atoms with E-state index in [1.54, 1.807) is 17.0 Å². The summed E-state index contributed by atoms with van der Waals surface area (Å²) in [6.45, 7) is 6.69. The first-order valence-corrected chi connectivity index (χ1v) is 10.0. The maximum Gasteiger partial charge on any atom is 0.287 e. The molecular formula is C19H26N4O2S. The number of likely N-dealkylation sites (tertiary alicyclic amines) is 1. The zero-order chi connectivity index (χ0) is 18.1. The van der Waals surface area contributed by atoms with E-state index in [9.17, 15) is 4.79 Å². The molecule has 2 aromatic heterocycles. The number of hydrogen-bond donors (Lipinski definition) is 1. The van der Waals surface area contributed by atoms with Crippen LogP contribution in [0.25, 0.3) is 0 Å². The molecule has 1 spiro atoms. The van der Waals surface area contributed by atoms with Crippen molar-refractivity contribution in [1.29, 1.82) is 0 Å². The van der Waals surface area contributed by atoms with Crippen LogP contribution in [-0.4, -0.2) is 52.2 Å². The molecule has 1 N–H and O–H groups in total. The van der Waals surface area contributed by atoms with Gasteiger partial charge in [0.2, 0.25) is 0 Å². The molecule has 2 aliphatic heterocycles. The molecule has 6 nitrogen and oxygen atoms in total. The Bertz CT molecular complexity index is 778. The Morgan fingerprint density at radius 1 is 1.46 bits per heavy atom. The van der Waals surface area contributed by atoms with Crippen LogP contribution in [0.2, 0.25) is 0 Å². The molecular weight excluding hydrogens is 348 g/mol. The minimum absolute atomic E-state index is 0.000253. The summed E-state index contributed by atoms with van der Waals surface area (Å²) < 4.78 is 7.89. The molecule has 0 radical (unpaired) electrons. The number of carbonyl (C=O) groups is 1. The number of aryl methyl sites for hydroxylation is 2. The first-order valence-electron chi connectivity index (χ1n) is 9.23. The number of rotatable bonds is 6. The second-order valence-electron chi connectivity index (χ2n) is 7.46. The fraction of sp³-hybridized carbons (Fsp3) is 0.579. The number of amides is 1. The lowest BCUT2D eigenvalue weighted by Gasteiger charge is -2.50. The van der Waals surface area contributed by atoms with Gasteiger partial charge in [-0.1, -0.05) is 0 Å². The Balaban J connectivity index is 1.25. The quantitative estimate of drug-likeness (QED) is 0.842. The third-order valence-electron chi connectivity index (χ3n) is 5.56. The van der Waals surface area contributed by atoms with Crippen LogP contribution in [0.4, 0.5) is 0 Å². The molecule has 0 saturated carbocycles. The number of imidazole rings is 1. The van der Waals surface area contributed by atoms with Crippen molar-refractivity contribution in [3.63, 3.8) is 0 Å². The van der Waals surface area contributed by atoms with Crippen molar-refractivity contribution >= 4 is 17.2 Å². The van der Waals surface area contributed by atoms with E-state index in [0.29, 0.717) is 18.3 Å². The van der Waals surface area contributed by atoms with Crippen LogP contribution in [0.3, 0.4) is 0 Å². The van der Waals surface area contributed by atoms with Crippen molar-refractivity contribution < 1.29 is 9.53 Å². The van der Waals surface area contributed by atoms with Crippen LogP contribution in [0, 0.1) is 12.8 Å². The van der Waals surface area contributed by atoms with Crippen molar-refractivity contribution in [1.82, 2.24) is 19.8 Å². The van der Waals surface area contributed by atoms with E-state index in [1.165, 1.54) is 9.75 Å². The number of hydrogen-bond acceptors (Lipinski definition) is 5. The maximum atomic E-state index is 12.2. The SMILES string of the molecule is Cc1ccc(CN2CC3(C2)OCCC3CCNC(=O)c2nccn2C)s1. The Kier molecular flexibility index (Phi) is 4.86. The summed E-state index contributed by atoms with van der Waals surface area (Å²) in [5.74, 6) is 0.878. The van der Waals surface area contributed by atoms with Crippen molar-refractivity contribution in [3.8, 4) is 0 Å². The second-order valence-corrected chi connectivity index (χ2v) is 8.84. The lowest BCUT2D eigenvalue weighted by Crippen LogP contribution is -2.64. The van der Waals surface area contributed by atoms with E-state index in [1.807, 2.05) is 18.4 Å². The Labute approximate surface area is 158 Å². The monoisotopic (exact) mass is 374 g/mol. The Hall–Kier alpha value is -1.70. The van der Waals surface area contributed by atoms with Gasteiger partial charge >= 0.3 is 0 Å². The van der Waals surface area contributed by atoms with Crippen LogP contribution in [0.15, 0.2) is 24.5 Å². The normalized spacial score (nSPS) is 21.8. The molecule has 2 saturated heterocycles. The number of aromatic nitrogens is 2. The third kappa shape index (κ3) is 3.43. The average molecular weight is 375 g/mol. The Morgan fingerprint density at radius 2 is 2.31 bits per heavy atom. The summed E-state index contributed by atoms with van der Waals surface area (Å²) in [5.41, 5.74) is 0.000253. The van der Waals surface area contributed by atoms with Crippen LogP contribution in [0.1, 0.15) is 33.2 Å². The minimum atomic E-state index is -0.103. The highest BCUT2D eigenvalue weighted by atomic mass is 32.1. The number of carbonyl (C=O) groups excluding carboxylic acids is 1. The van der Waals surface area contributed by atoms with Crippen molar-refractivity contribution in [2.45, 2.75) is 31.9 Å². The van der Waals surface area contributed by atoms with Crippen LogP contribution >= 0.6 is 11.3 Å². The lowest BCUT2D eigenvalue weighted by atomic mass is 9.79. The van der Waals surface area contributed by atoms with Crippen LogP contribution in [-0.2, 0) is 18.3 Å². The zero-order valence-electron chi connectivity index (χ0n) is 15.4. The molecule has 4 rings (SSSR count). The topological polar surface area (TPSA) is 59.4 Å². The van der Waals surface area contributed by atoms with Gasteiger partial charge < -0.3 is 14.6 Å². The molecule has 4 heterocycles. The predicted octanol–water partition coefficient (Wildman–Crippen LogP) is 2.20. The van der Waals surface area contributed by atoms with Crippen molar-refractivity contribution in [2.24, 2.45) is 13.0 Å². The number of nitrogens with one attached hydrogen (secondary N) is 1. The molecule has 2 aliphatic rings. The third-order valence-corrected chi connectivity index (χ3v) is 6.55. The van der Waals surface area contributed by atoms with Gasteiger partial charge in [-0.3, -0.25) is 9.69 Å². The van der Waals surface area contributed by atoms with Gasteiger partial charge in [0.1, 0.15) is 0 Å². The van der Waals surface area contributed by atoms with Crippen LogP contribution in [0.5, 0.6) is 0 Å². The molecule has 7 heteroatoms. The number of thiophene rings is 1. The lowest BCUT2D eigenvalue weighted by molar-refractivity contribution is -0.136. The summed E-state index contributed by atoms with van der Waals surface area (Å²) in [4.78, 5) is 21.5. The fourth-order valence-electron chi connectivity index (χ4n) is 4.18. The summed E-state index contributed by atoms with van der Waals surface area (Å²) in [6, 6.07) is 4.42. The minimum Gasteiger partial charge on any atom is -0.372 e. The molecule has 0 aliphatic carbocycles. The summed E-state index contributed by atoms with van der Waals surface area (Å²) >= 11 is 1.88. The molecule has 0 bridgehead atoms. The van der Waals surface area contributed by atoms with Gasteiger partial charge in [-0.25, -0.2) is 4.98 Å². The Morgan fingerprint density at radius 3 is 3.00 bits per heavy atom. The highest BCUT2D eigenvalue weighted by molar-refractivity contribution is 7.11. The molecule has 1 amide bonds. The van der Waals surface area contributed by atoms with Gasteiger partial charge in [-0.15, -0.1) is 11.3 Å². The molecule has 26 heavy (non-hydrogen) atoms. The van der Waals surface area contributed by atoms with Gasteiger partial charge in [0.05, 0.1) is 5.60 Å². The molecule has 140 valence electrons. The zero-order valence-corrected chi connectivity index (χ0v) is 16.2. The van der Waals surface area contributed by atoms with Gasteiger partial charge in [0.15, 0.2) is 5.82 Å². The smallest absolute Gasteiger partial charge is 0.287 e. The predicted molar refractivity (Wildman–Crippen MR) is 101 cm³/mol. The van der Waals surface area contributed by atoms with E-state index >= 15 is 0 Å². The van der Waals surface area contributed by atoms with E-state index in [-0.39, 0.29) is 11.5 Å². The number of nitrogens with zero attached hydrogens (tertiary/aromatic N) is 3. The van der Waals surface area contributed by atoms with Crippen molar-refractivity contribution in [3.05, 3.63) is 40.1 Å². The van der Waals surface area contributed by atoms with Crippen LogP contribution < -0.4 is 5.32 Å². The standard InChI is InChI=1S/C19H26N4O2S/c1-14-3-4-16(26-14)11-23-12-19(13-23)15(6-10-25-19)5-7-21-18(24)17-20-8-9-22(17)2/h3-4,8-9,15H,5-7,10-13H2,1-2H3,(H,21,24). The maximum absolute atomic E-state index is 12.2. The van der Waals surface area contributed by atoms with E-state index in [2.05, 4.69) is 34.3 Å². The molecule has 1 atom stereocenters. The highest BCUT2D eigenvalue weighted by Crippen LogP contribution is 2.42. The van der Waals surface area contributed by atoms with E-state index < -0.39 is 0 Å². The average Bonchev–Trinajstić information content (AvgIpc) is 3.28. The number of ether oxygens (including phenoxy) is 1. The second kappa shape index (κ2) is 7.13. The van der Waals surface area contributed by atoms with E-state index in [4.69, 9.17) is 4.74 Å². The van der Waals surface area contributed by atoms with Gasteiger partial charge in [0.25, 0.3) is 5.91 Å². The molecule has 2 aromatic rings. The summed E-state index contributed by atoms with van der Waals surface area (Å²) in [5, 5.41) is 3.00.